The van der Waals surface area contributed by atoms with Crippen LogP contribution < -0.4 is 10.2 Å². The number of rotatable bonds is 2. The van der Waals surface area contributed by atoms with Gasteiger partial charge < -0.3 is 10.2 Å². The van der Waals surface area contributed by atoms with Crippen LogP contribution in [0.2, 0.25) is 0 Å². The van der Waals surface area contributed by atoms with Gasteiger partial charge in [-0.3, -0.25) is 4.79 Å². The molecule has 0 spiro atoms. The fourth-order valence-corrected chi connectivity index (χ4v) is 1.84. The van der Waals surface area contributed by atoms with Crippen molar-refractivity contribution in [3.05, 3.63) is 29.8 Å². The molecule has 1 amide bonds. The number of hydrogen-bond acceptors (Lipinski definition) is 2. The van der Waals surface area contributed by atoms with E-state index < -0.39 is 0 Å². The van der Waals surface area contributed by atoms with E-state index in [4.69, 9.17) is 0 Å². The number of benzene rings is 1. The zero-order valence-corrected chi connectivity index (χ0v) is 13.2. The van der Waals surface area contributed by atoms with Crippen molar-refractivity contribution in [1.82, 2.24) is 5.32 Å². The average molecular weight is 306 g/mol. The first-order chi connectivity index (χ1) is 7.68. The van der Waals surface area contributed by atoms with Crippen LogP contribution in [0.25, 0.3) is 0 Å². The van der Waals surface area contributed by atoms with Gasteiger partial charge in [0.05, 0.1) is 6.54 Å². The van der Waals surface area contributed by atoms with Gasteiger partial charge in [0, 0.05) is 45.8 Å². The molecule has 1 saturated heterocycles. The van der Waals surface area contributed by atoms with E-state index in [1.807, 2.05) is 17.0 Å². The first-order valence-corrected chi connectivity index (χ1v) is 5.71. The van der Waals surface area contributed by atoms with Crippen molar-refractivity contribution in [3.8, 4) is 0 Å². The summed E-state index contributed by atoms with van der Waals surface area (Å²) in [5.41, 5.74) is 2.14. The first kappa shape index (κ1) is 14.8. The summed E-state index contributed by atoms with van der Waals surface area (Å²) in [5, 5.41) is 3.06. The van der Waals surface area contributed by atoms with E-state index in [2.05, 4.69) is 31.3 Å². The van der Waals surface area contributed by atoms with Crippen molar-refractivity contribution in [2.45, 2.75) is 19.8 Å². The van der Waals surface area contributed by atoms with E-state index in [-0.39, 0.29) is 38.6 Å². The average Bonchev–Trinajstić information content (AvgIpc) is 2.30. The molecule has 1 heterocycles. The van der Waals surface area contributed by atoms with Crippen molar-refractivity contribution in [3.63, 3.8) is 0 Å². The molecule has 0 aliphatic carbocycles. The minimum absolute atomic E-state index is 0. The standard InChI is InChI=1S/C13H17N2O.Y/c1-10(2)11-3-5-12(6-4-11)15-8-7-14-9-13(15)16;/h3,5-6,10,14H,7-9H2,1-2H3;/q-1;. The Labute approximate surface area is 128 Å². The van der Waals surface area contributed by atoms with Crippen LogP contribution >= 0.6 is 0 Å². The van der Waals surface area contributed by atoms with Gasteiger partial charge >= 0.3 is 0 Å². The summed E-state index contributed by atoms with van der Waals surface area (Å²) in [5.74, 6) is 0.615. The number of amides is 1. The van der Waals surface area contributed by atoms with Crippen molar-refractivity contribution in [2.24, 2.45) is 0 Å². The Balaban J connectivity index is 0.00000144. The summed E-state index contributed by atoms with van der Waals surface area (Å²) < 4.78 is 0. The van der Waals surface area contributed by atoms with Crippen LogP contribution in [0.15, 0.2) is 18.2 Å². The van der Waals surface area contributed by atoms with E-state index in [1.54, 1.807) is 0 Å². The molecule has 0 aromatic heterocycles. The number of carbonyl (C=O) groups excluding carboxylic acids is 1. The monoisotopic (exact) mass is 306 g/mol. The quantitative estimate of drug-likeness (QED) is 0.841. The molecule has 0 bridgehead atoms. The minimum Gasteiger partial charge on any atom is -0.364 e. The molecule has 1 fully saturated rings. The summed E-state index contributed by atoms with van der Waals surface area (Å²) in [7, 11) is 0. The fraction of sp³-hybridized carbons (Fsp3) is 0.462. The molecule has 1 radical (unpaired) electrons. The van der Waals surface area contributed by atoms with Crippen LogP contribution in [0.5, 0.6) is 0 Å². The molecule has 0 unspecified atom stereocenters. The topological polar surface area (TPSA) is 32.3 Å². The van der Waals surface area contributed by atoms with Gasteiger partial charge in [0.2, 0.25) is 5.91 Å². The van der Waals surface area contributed by atoms with Crippen LogP contribution in [-0.4, -0.2) is 25.5 Å². The number of carbonyl (C=O) groups is 1. The van der Waals surface area contributed by atoms with Crippen LogP contribution in [0.4, 0.5) is 5.69 Å². The van der Waals surface area contributed by atoms with Crippen molar-refractivity contribution in [1.29, 1.82) is 0 Å². The molecule has 89 valence electrons. The van der Waals surface area contributed by atoms with Gasteiger partial charge in [0.25, 0.3) is 0 Å². The second-order valence-electron chi connectivity index (χ2n) is 4.38. The van der Waals surface area contributed by atoms with Crippen LogP contribution in [0, 0.1) is 6.07 Å². The molecule has 4 heteroatoms. The Morgan fingerprint density at radius 2 is 2.18 bits per heavy atom. The summed E-state index contributed by atoms with van der Waals surface area (Å²) >= 11 is 0. The third-order valence-electron chi connectivity index (χ3n) is 2.84. The number of anilines is 1. The predicted octanol–water partition coefficient (Wildman–Crippen LogP) is 1.54. The number of nitrogens with zero attached hydrogens (tertiary/aromatic N) is 1. The molecular formula is C13H17N2OY-. The molecule has 1 aromatic carbocycles. The van der Waals surface area contributed by atoms with Crippen molar-refractivity contribution >= 4 is 11.6 Å². The summed E-state index contributed by atoms with van der Waals surface area (Å²) in [6, 6.07) is 9.22. The van der Waals surface area contributed by atoms with Gasteiger partial charge in [-0.1, -0.05) is 19.5 Å². The molecule has 1 aliphatic heterocycles. The molecule has 0 atom stereocenters. The van der Waals surface area contributed by atoms with E-state index >= 15 is 0 Å². The smallest absolute Gasteiger partial charge is 0.230 e. The predicted molar refractivity (Wildman–Crippen MR) is 64.6 cm³/mol. The van der Waals surface area contributed by atoms with E-state index in [9.17, 15) is 4.79 Å². The third-order valence-corrected chi connectivity index (χ3v) is 2.84. The van der Waals surface area contributed by atoms with Crippen LogP contribution in [-0.2, 0) is 37.5 Å². The van der Waals surface area contributed by atoms with E-state index in [1.165, 1.54) is 5.56 Å². The van der Waals surface area contributed by atoms with Crippen LogP contribution in [0.1, 0.15) is 25.3 Å². The van der Waals surface area contributed by atoms with Gasteiger partial charge in [-0.25, -0.2) is 0 Å². The Kier molecular flexibility index (Phi) is 5.77. The zero-order valence-electron chi connectivity index (χ0n) is 10.4. The van der Waals surface area contributed by atoms with Crippen LogP contribution in [0.3, 0.4) is 0 Å². The molecule has 17 heavy (non-hydrogen) atoms. The summed E-state index contributed by atoms with van der Waals surface area (Å²) in [6.45, 7) is 6.32. The van der Waals surface area contributed by atoms with Gasteiger partial charge in [-0.15, -0.1) is 6.07 Å². The Bertz CT molecular complexity index is 376. The van der Waals surface area contributed by atoms with Gasteiger partial charge in [-0.2, -0.15) is 23.8 Å². The van der Waals surface area contributed by atoms with Gasteiger partial charge in [-0.05, 0) is 5.92 Å². The number of hydrogen-bond donors (Lipinski definition) is 1. The number of nitrogens with one attached hydrogen (secondary N) is 1. The second-order valence-corrected chi connectivity index (χ2v) is 4.38. The van der Waals surface area contributed by atoms with Gasteiger partial charge in [0.1, 0.15) is 0 Å². The normalized spacial score (nSPS) is 15.9. The summed E-state index contributed by atoms with van der Waals surface area (Å²) in [4.78, 5) is 13.5. The molecule has 0 saturated carbocycles. The molecule has 2 rings (SSSR count). The molecule has 1 aliphatic rings. The Morgan fingerprint density at radius 3 is 2.71 bits per heavy atom. The maximum Gasteiger partial charge on any atom is 0.230 e. The second kappa shape index (κ2) is 6.62. The third kappa shape index (κ3) is 3.60. The molecule has 1 N–H and O–H groups in total. The number of piperazine rings is 1. The molecule has 3 nitrogen and oxygen atoms in total. The minimum atomic E-state index is 0. The summed E-state index contributed by atoms with van der Waals surface area (Å²) in [6.07, 6.45) is 0. The largest absolute Gasteiger partial charge is 0.364 e. The maximum absolute atomic E-state index is 11.7. The zero-order chi connectivity index (χ0) is 11.5. The van der Waals surface area contributed by atoms with Gasteiger partial charge in [0.15, 0.2) is 0 Å². The Morgan fingerprint density at radius 1 is 1.41 bits per heavy atom. The van der Waals surface area contributed by atoms with Crippen molar-refractivity contribution < 1.29 is 37.5 Å². The van der Waals surface area contributed by atoms with E-state index in [0.29, 0.717) is 12.5 Å². The first-order valence-electron chi connectivity index (χ1n) is 5.71. The maximum atomic E-state index is 11.7. The Hall–Kier alpha value is -0.246. The SMILES string of the molecule is CC(C)c1[c-]cc(N2CCNCC2=O)cc1.[Y]. The fourth-order valence-electron chi connectivity index (χ4n) is 1.84. The molecular weight excluding hydrogens is 289 g/mol. The van der Waals surface area contributed by atoms with E-state index in [0.717, 1.165) is 18.8 Å². The van der Waals surface area contributed by atoms with Crippen molar-refractivity contribution in [2.75, 3.05) is 24.5 Å². The molecule has 1 aromatic rings.